The fourth-order valence-electron chi connectivity index (χ4n) is 2.32. The molecule has 0 bridgehead atoms. The van der Waals surface area contributed by atoms with Gasteiger partial charge in [0.2, 0.25) is 0 Å². The molecule has 0 N–H and O–H groups in total. The molecule has 2 heterocycles. The maximum Gasteiger partial charge on any atom is 0.186 e. The van der Waals surface area contributed by atoms with Gasteiger partial charge in [0.25, 0.3) is 0 Å². The summed E-state index contributed by atoms with van der Waals surface area (Å²) >= 11 is 12.2. The van der Waals surface area contributed by atoms with Crippen LogP contribution in [0.4, 0.5) is 0 Å². The normalized spacial score (nSPS) is 11.3. The van der Waals surface area contributed by atoms with Crippen molar-refractivity contribution in [2.45, 2.75) is 0 Å². The van der Waals surface area contributed by atoms with Crippen molar-refractivity contribution in [1.82, 2.24) is 19.8 Å². The molecule has 21 heavy (non-hydrogen) atoms. The Bertz CT molecular complexity index is 961. The first kappa shape index (κ1) is 12.6. The van der Waals surface area contributed by atoms with Crippen molar-refractivity contribution < 1.29 is 0 Å². The highest BCUT2D eigenvalue weighted by molar-refractivity contribution is 6.34. The summed E-state index contributed by atoms with van der Waals surface area (Å²) in [6, 6.07) is 15.1. The minimum Gasteiger partial charge on any atom is -0.191 e. The van der Waals surface area contributed by atoms with Crippen molar-refractivity contribution in [2.75, 3.05) is 0 Å². The van der Waals surface area contributed by atoms with Gasteiger partial charge in [-0.2, -0.15) is 9.61 Å². The third-order valence-corrected chi connectivity index (χ3v) is 3.85. The van der Waals surface area contributed by atoms with E-state index in [9.17, 15) is 0 Å². The van der Waals surface area contributed by atoms with E-state index >= 15 is 0 Å². The molecule has 0 aliphatic carbocycles. The summed E-state index contributed by atoms with van der Waals surface area (Å²) in [6.07, 6.45) is 0. The zero-order chi connectivity index (χ0) is 14.4. The maximum atomic E-state index is 6.27. The largest absolute Gasteiger partial charge is 0.191 e. The third-order valence-electron chi connectivity index (χ3n) is 3.32. The van der Waals surface area contributed by atoms with E-state index in [0.717, 1.165) is 16.3 Å². The quantitative estimate of drug-likeness (QED) is 0.527. The first-order valence-electron chi connectivity index (χ1n) is 6.29. The van der Waals surface area contributed by atoms with Gasteiger partial charge < -0.3 is 0 Å². The van der Waals surface area contributed by atoms with Crippen LogP contribution in [0.15, 0.2) is 48.5 Å². The summed E-state index contributed by atoms with van der Waals surface area (Å²) in [5.74, 6) is 0.634. The Morgan fingerprint density at radius 3 is 2.29 bits per heavy atom. The topological polar surface area (TPSA) is 43.1 Å². The lowest BCUT2D eigenvalue weighted by Crippen LogP contribution is -1.96. The summed E-state index contributed by atoms with van der Waals surface area (Å²) in [6.45, 7) is 0. The molecule has 4 nitrogen and oxygen atoms in total. The van der Waals surface area contributed by atoms with Crippen molar-refractivity contribution >= 4 is 39.6 Å². The van der Waals surface area contributed by atoms with Crippen LogP contribution >= 0.6 is 23.2 Å². The van der Waals surface area contributed by atoms with Crippen molar-refractivity contribution in [3.05, 3.63) is 58.7 Å². The molecule has 0 aliphatic rings. The first-order chi connectivity index (χ1) is 10.2. The number of nitrogens with zero attached hydrogens (tertiary/aromatic N) is 4. The van der Waals surface area contributed by atoms with Gasteiger partial charge >= 0.3 is 0 Å². The summed E-state index contributed by atoms with van der Waals surface area (Å²) in [5, 5.41) is 15.7. The Morgan fingerprint density at radius 2 is 1.52 bits per heavy atom. The molecule has 0 amide bonds. The van der Waals surface area contributed by atoms with Gasteiger partial charge in [-0.15, -0.1) is 10.2 Å². The highest BCUT2D eigenvalue weighted by Gasteiger charge is 2.14. The Morgan fingerprint density at radius 1 is 0.810 bits per heavy atom. The van der Waals surface area contributed by atoms with Gasteiger partial charge in [-0.05, 0) is 24.3 Å². The fraction of sp³-hybridized carbons (Fsp3) is 0. The lowest BCUT2D eigenvalue weighted by molar-refractivity contribution is 0.946. The first-order valence-corrected chi connectivity index (χ1v) is 7.05. The van der Waals surface area contributed by atoms with E-state index < -0.39 is 0 Å². The van der Waals surface area contributed by atoms with Gasteiger partial charge in [-0.3, -0.25) is 0 Å². The molecule has 4 rings (SSSR count). The van der Waals surface area contributed by atoms with E-state index in [1.807, 2.05) is 36.4 Å². The van der Waals surface area contributed by atoms with Gasteiger partial charge in [0.15, 0.2) is 16.6 Å². The molecule has 0 fully saturated rings. The molecule has 2 aromatic carbocycles. The van der Waals surface area contributed by atoms with Crippen molar-refractivity contribution in [3.63, 3.8) is 0 Å². The molecule has 0 saturated heterocycles. The van der Waals surface area contributed by atoms with Gasteiger partial charge in [0.1, 0.15) is 0 Å². The van der Waals surface area contributed by atoms with Gasteiger partial charge in [-0.25, -0.2) is 0 Å². The molecule has 0 radical (unpaired) electrons. The molecule has 102 valence electrons. The average Bonchev–Trinajstić information content (AvgIpc) is 2.92. The van der Waals surface area contributed by atoms with Crippen LogP contribution in [0, 0.1) is 0 Å². The van der Waals surface area contributed by atoms with Crippen LogP contribution in [-0.4, -0.2) is 19.8 Å². The van der Waals surface area contributed by atoms with Gasteiger partial charge in [0.05, 0.1) is 0 Å². The average molecular weight is 315 g/mol. The predicted molar refractivity (Wildman–Crippen MR) is 83.7 cm³/mol. The number of aromatic nitrogens is 4. The monoisotopic (exact) mass is 314 g/mol. The Labute approximate surface area is 129 Å². The summed E-state index contributed by atoms with van der Waals surface area (Å²) in [4.78, 5) is 0. The second-order valence-electron chi connectivity index (χ2n) is 4.60. The smallest absolute Gasteiger partial charge is 0.186 e. The molecular weight excluding hydrogens is 307 g/mol. The highest BCUT2D eigenvalue weighted by Crippen LogP contribution is 2.27. The second kappa shape index (κ2) is 4.69. The van der Waals surface area contributed by atoms with E-state index in [1.54, 1.807) is 16.6 Å². The minimum atomic E-state index is 0.424. The van der Waals surface area contributed by atoms with E-state index in [1.165, 1.54) is 0 Å². The molecule has 0 unspecified atom stereocenters. The van der Waals surface area contributed by atoms with Crippen LogP contribution in [-0.2, 0) is 0 Å². The Balaban J connectivity index is 2.06. The van der Waals surface area contributed by atoms with Crippen molar-refractivity contribution in [1.29, 1.82) is 0 Å². The third kappa shape index (κ3) is 1.95. The van der Waals surface area contributed by atoms with Crippen molar-refractivity contribution in [2.24, 2.45) is 0 Å². The molecule has 2 aromatic heterocycles. The summed E-state index contributed by atoms with van der Waals surface area (Å²) < 4.78 is 1.66. The zero-order valence-corrected chi connectivity index (χ0v) is 12.2. The van der Waals surface area contributed by atoms with Crippen LogP contribution < -0.4 is 0 Å². The van der Waals surface area contributed by atoms with E-state index in [2.05, 4.69) is 15.3 Å². The van der Waals surface area contributed by atoms with Crippen LogP contribution in [0.5, 0.6) is 0 Å². The zero-order valence-electron chi connectivity index (χ0n) is 10.7. The number of hydrogen-bond acceptors (Lipinski definition) is 3. The number of rotatable bonds is 1. The standard InChI is InChI=1S/C15H8Cl2N4/c16-10-7-5-9(6-8-10)14-18-19-15-12-4-2-1-3-11(12)13(17)20-21(14)15/h1-8H. The highest BCUT2D eigenvalue weighted by atomic mass is 35.5. The van der Waals surface area contributed by atoms with Crippen LogP contribution in [0.25, 0.3) is 27.8 Å². The van der Waals surface area contributed by atoms with Crippen LogP contribution in [0.1, 0.15) is 0 Å². The van der Waals surface area contributed by atoms with Crippen LogP contribution in [0.3, 0.4) is 0 Å². The van der Waals surface area contributed by atoms with E-state index in [0.29, 0.717) is 21.6 Å². The lowest BCUT2D eigenvalue weighted by Gasteiger charge is -2.03. The maximum absolute atomic E-state index is 6.27. The lowest BCUT2D eigenvalue weighted by atomic mass is 10.2. The molecule has 0 aliphatic heterocycles. The number of halogens is 2. The molecule has 0 spiro atoms. The molecule has 4 aromatic rings. The van der Waals surface area contributed by atoms with Crippen molar-refractivity contribution in [3.8, 4) is 11.4 Å². The number of fused-ring (bicyclic) bond motifs is 3. The SMILES string of the molecule is Clc1ccc(-c2nnc3c4ccccc4c(Cl)nn23)cc1. The Kier molecular flexibility index (Phi) is 2.80. The number of benzene rings is 2. The summed E-state index contributed by atoms with van der Waals surface area (Å²) in [5.41, 5.74) is 1.56. The molecule has 0 atom stereocenters. The van der Waals surface area contributed by atoms with Gasteiger partial charge in [0, 0.05) is 21.4 Å². The predicted octanol–water partition coefficient (Wildman–Crippen LogP) is 4.25. The van der Waals surface area contributed by atoms with Crippen LogP contribution in [0.2, 0.25) is 10.2 Å². The van der Waals surface area contributed by atoms with Gasteiger partial charge in [-0.1, -0.05) is 47.5 Å². The fourth-order valence-corrected chi connectivity index (χ4v) is 2.69. The van der Waals surface area contributed by atoms with E-state index in [-0.39, 0.29) is 0 Å². The minimum absolute atomic E-state index is 0.424. The van der Waals surface area contributed by atoms with E-state index in [4.69, 9.17) is 23.2 Å². The molecule has 6 heteroatoms. The molecule has 0 saturated carbocycles. The number of hydrogen-bond donors (Lipinski definition) is 0. The molecular formula is C15H8Cl2N4. The Hall–Kier alpha value is -2.17. The second-order valence-corrected chi connectivity index (χ2v) is 5.40. The summed E-state index contributed by atoms with van der Waals surface area (Å²) in [7, 11) is 0.